The minimum Gasteiger partial charge on any atom is -0.326 e. The summed E-state index contributed by atoms with van der Waals surface area (Å²) in [5, 5.41) is 3.31. The first kappa shape index (κ1) is 11.4. The molecule has 0 radical (unpaired) electrons. The molecule has 1 fully saturated rings. The lowest BCUT2D eigenvalue weighted by atomic mass is 10.1. The number of pyridine rings is 1. The van der Waals surface area contributed by atoms with Crippen molar-refractivity contribution >= 4 is 0 Å². The molecule has 4 heteroatoms. The fraction of sp³-hybridized carbons (Fsp3) is 0.583. The summed E-state index contributed by atoms with van der Waals surface area (Å²) in [6.45, 7) is 8.77. The van der Waals surface area contributed by atoms with E-state index in [1.807, 2.05) is 19.9 Å². The highest BCUT2D eigenvalue weighted by atomic mass is 16.1. The van der Waals surface area contributed by atoms with Crippen molar-refractivity contribution in [1.82, 2.24) is 15.2 Å². The van der Waals surface area contributed by atoms with Gasteiger partial charge in [-0.3, -0.25) is 9.69 Å². The molecule has 1 aromatic rings. The number of nitrogens with one attached hydrogen (secondary N) is 2. The van der Waals surface area contributed by atoms with Crippen LogP contribution in [0.3, 0.4) is 0 Å². The van der Waals surface area contributed by atoms with Gasteiger partial charge in [0.15, 0.2) is 0 Å². The number of aromatic nitrogens is 1. The Labute approximate surface area is 95.7 Å². The smallest absolute Gasteiger partial charge is 0.252 e. The molecule has 1 aromatic heterocycles. The van der Waals surface area contributed by atoms with Gasteiger partial charge in [0.05, 0.1) is 0 Å². The minimum absolute atomic E-state index is 0.0658. The summed E-state index contributed by atoms with van der Waals surface area (Å²) in [5.74, 6) is 0. The number of H-pyrrole nitrogens is 1. The van der Waals surface area contributed by atoms with Crippen molar-refractivity contribution in [3.8, 4) is 0 Å². The molecule has 0 aliphatic carbocycles. The summed E-state index contributed by atoms with van der Waals surface area (Å²) in [5.41, 5.74) is 3.01. The topological polar surface area (TPSA) is 48.1 Å². The highest BCUT2D eigenvalue weighted by molar-refractivity contribution is 5.24. The molecule has 0 aromatic carbocycles. The van der Waals surface area contributed by atoms with E-state index in [0.717, 1.165) is 49.5 Å². The molecule has 0 atom stereocenters. The van der Waals surface area contributed by atoms with E-state index in [4.69, 9.17) is 0 Å². The fourth-order valence-corrected chi connectivity index (χ4v) is 2.17. The van der Waals surface area contributed by atoms with E-state index in [1.54, 1.807) is 0 Å². The predicted molar refractivity (Wildman–Crippen MR) is 64.7 cm³/mol. The van der Waals surface area contributed by atoms with Gasteiger partial charge in [0.1, 0.15) is 0 Å². The molecule has 0 amide bonds. The number of nitrogens with zero attached hydrogens (tertiary/aromatic N) is 1. The zero-order valence-electron chi connectivity index (χ0n) is 9.97. The summed E-state index contributed by atoms with van der Waals surface area (Å²) in [7, 11) is 0. The van der Waals surface area contributed by atoms with Crippen molar-refractivity contribution in [2.24, 2.45) is 0 Å². The zero-order chi connectivity index (χ0) is 11.5. The molecule has 2 rings (SSSR count). The highest BCUT2D eigenvalue weighted by Gasteiger charge is 2.13. The van der Waals surface area contributed by atoms with E-state index in [-0.39, 0.29) is 5.56 Å². The van der Waals surface area contributed by atoms with E-state index in [0.29, 0.717) is 0 Å². The quantitative estimate of drug-likeness (QED) is 0.760. The minimum atomic E-state index is 0.0658. The van der Waals surface area contributed by atoms with Crippen LogP contribution in [0.5, 0.6) is 0 Å². The predicted octanol–water partition coefficient (Wildman–Crippen LogP) is 0.397. The summed E-state index contributed by atoms with van der Waals surface area (Å²) in [6, 6.07) is 2.04. The SMILES string of the molecule is Cc1cc(C)c(CN2CCNCC2)c(=O)[nH]1. The van der Waals surface area contributed by atoms with Crippen LogP contribution in [0.2, 0.25) is 0 Å². The Bertz CT molecular complexity index is 419. The van der Waals surface area contributed by atoms with Gasteiger partial charge in [-0.05, 0) is 25.5 Å². The van der Waals surface area contributed by atoms with Gasteiger partial charge in [0, 0.05) is 44.0 Å². The first-order chi connectivity index (χ1) is 7.66. The zero-order valence-corrected chi connectivity index (χ0v) is 9.97. The van der Waals surface area contributed by atoms with Crippen molar-refractivity contribution in [2.75, 3.05) is 26.2 Å². The highest BCUT2D eigenvalue weighted by Crippen LogP contribution is 2.07. The van der Waals surface area contributed by atoms with E-state index < -0.39 is 0 Å². The van der Waals surface area contributed by atoms with E-state index in [2.05, 4.69) is 15.2 Å². The number of aryl methyl sites for hydroxylation is 2. The molecule has 0 unspecified atom stereocenters. The van der Waals surface area contributed by atoms with Crippen molar-refractivity contribution in [3.05, 3.63) is 33.2 Å². The second kappa shape index (κ2) is 4.80. The number of piperazine rings is 1. The molecule has 2 heterocycles. The second-order valence-electron chi connectivity index (χ2n) is 4.47. The van der Waals surface area contributed by atoms with Gasteiger partial charge >= 0.3 is 0 Å². The maximum atomic E-state index is 11.8. The normalized spacial score (nSPS) is 17.6. The van der Waals surface area contributed by atoms with Crippen LogP contribution in [0, 0.1) is 13.8 Å². The van der Waals surface area contributed by atoms with Gasteiger partial charge in [-0.2, -0.15) is 0 Å². The Kier molecular flexibility index (Phi) is 3.41. The summed E-state index contributed by atoms with van der Waals surface area (Å²) < 4.78 is 0. The first-order valence-electron chi connectivity index (χ1n) is 5.79. The monoisotopic (exact) mass is 221 g/mol. The fourth-order valence-electron chi connectivity index (χ4n) is 2.17. The number of rotatable bonds is 2. The molecule has 0 spiro atoms. The summed E-state index contributed by atoms with van der Waals surface area (Å²) >= 11 is 0. The Morgan fingerprint density at radius 2 is 2.00 bits per heavy atom. The average molecular weight is 221 g/mol. The first-order valence-corrected chi connectivity index (χ1v) is 5.79. The van der Waals surface area contributed by atoms with Gasteiger partial charge in [-0.25, -0.2) is 0 Å². The standard InChI is InChI=1S/C12H19N3O/c1-9-7-10(2)14-12(16)11(9)8-15-5-3-13-4-6-15/h7,13H,3-6,8H2,1-2H3,(H,14,16). The van der Waals surface area contributed by atoms with E-state index in [1.165, 1.54) is 0 Å². The van der Waals surface area contributed by atoms with Gasteiger partial charge < -0.3 is 10.3 Å². The Balaban J connectivity index is 2.17. The number of hydrogen-bond donors (Lipinski definition) is 2. The Hall–Kier alpha value is -1.13. The third-order valence-corrected chi connectivity index (χ3v) is 3.09. The van der Waals surface area contributed by atoms with Gasteiger partial charge in [-0.15, -0.1) is 0 Å². The Morgan fingerprint density at radius 1 is 1.31 bits per heavy atom. The number of hydrogen-bond acceptors (Lipinski definition) is 3. The molecule has 1 aliphatic rings. The molecule has 1 aliphatic heterocycles. The third-order valence-electron chi connectivity index (χ3n) is 3.09. The van der Waals surface area contributed by atoms with Crippen LogP contribution >= 0.6 is 0 Å². The number of aromatic amines is 1. The van der Waals surface area contributed by atoms with Gasteiger partial charge in [-0.1, -0.05) is 0 Å². The van der Waals surface area contributed by atoms with Gasteiger partial charge in [0.2, 0.25) is 0 Å². The Morgan fingerprint density at radius 3 is 2.62 bits per heavy atom. The molecular weight excluding hydrogens is 202 g/mol. The molecule has 16 heavy (non-hydrogen) atoms. The molecule has 0 saturated carbocycles. The van der Waals surface area contributed by atoms with Crippen molar-refractivity contribution in [1.29, 1.82) is 0 Å². The van der Waals surface area contributed by atoms with Crippen LogP contribution in [0.25, 0.3) is 0 Å². The van der Waals surface area contributed by atoms with Crippen molar-refractivity contribution in [3.63, 3.8) is 0 Å². The second-order valence-corrected chi connectivity index (χ2v) is 4.47. The molecule has 0 bridgehead atoms. The lowest BCUT2D eigenvalue weighted by molar-refractivity contribution is 0.232. The molecular formula is C12H19N3O. The lowest BCUT2D eigenvalue weighted by Gasteiger charge is -2.27. The molecule has 2 N–H and O–H groups in total. The maximum absolute atomic E-state index is 11.8. The molecule has 88 valence electrons. The van der Waals surface area contributed by atoms with Crippen LogP contribution in [0.4, 0.5) is 0 Å². The lowest BCUT2D eigenvalue weighted by Crippen LogP contribution is -2.43. The van der Waals surface area contributed by atoms with Crippen LogP contribution < -0.4 is 10.9 Å². The van der Waals surface area contributed by atoms with E-state index >= 15 is 0 Å². The molecule has 4 nitrogen and oxygen atoms in total. The van der Waals surface area contributed by atoms with Crippen molar-refractivity contribution in [2.45, 2.75) is 20.4 Å². The van der Waals surface area contributed by atoms with Crippen LogP contribution in [0.1, 0.15) is 16.8 Å². The summed E-state index contributed by atoms with van der Waals surface area (Å²) in [6.07, 6.45) is 0. The van der Waals surface area contributed by atoms with Crippen molar-refractivity contribution < 1.29 is 0 Å². The van der Waals surface area contributed by atoms with Crippen LogP contribution in [-0.4, -0.2) is 36.1 Å². The molecule has 1 saturated heterocycles. The largest absolute Gasteiger partial charge is 0.326 e. The van der Waals surface area contributed by atoms with Crippen LogP contribution in [-0.2, 0) is 6.54 Å². The summed E-state index contributed by atoms with van der Waals surface area (Å²) in [4.78, 5) is 17.0. The average Bonchev–Trinajstić information content (AvgIpc) is 2.25. The maximum Gasteiger partial charge on any atom is 0.252 e. The van der Waals surface area contributed by atoms with Crippen LogP contribution in [0.15, 0.2) is 10.9 Å². The van der Waals surface area contributed by atoms with E-state index in [9.17, 15) is 4.79 Å². The third kappa shape index (κ3) is 2.51. The van der Waals surface area contributed by atoms with Gasteiger partial charge in [0.25, 0.3) is 5.56 Å².